The van der Waals surface area contributed by atoms with Crippen molar-refractivity contribution >= 4 is 11.6 Å². The molecule has 0 bridgehead atoms. The second kappa shape index (κ2) is 8.34. The molecule has 0 spiro atoms. The van der Waals surface area contributed by atoms with Crippen LogP contribution < -0.4 is 10.1 Å². The van der Waals surface area contributed by atoms with Gasteiger partial charge in [-0.2, -0.15) is 0 Å². The van der Waals surface area contributed by atoms with Crippen molar-refractivity contribution in [2.45, 2.75) is 19.9 Å². The van der Waals surface area contributed by atoms with Crippen molar-refractivity contribution in [3.05, 3.63) is 59.7 Å². The molecule has 0 aliphatic heterocycles. The minimum Gasteiger partial charge on any atom is -0.497 e. The summed E-state index contributed by atoms with van der Waals surface area (Å²) in [5.41, 5.74) is 3.31. The maximum atomic E-state index is 12.1. The van der Waals surface area contributed by atoms with Gasteiger partial charge in [-0.1, -0.05) is 31.2 Å². The van der Waals surface area contributed by atoms with Crippen LogP contribution in [-0.2, 0) is 17.8 Å². The molecule has 0 aliphatic carbocycles. The first-order valence-corrected chi connectivity index (χ1v) is 7.81. The number of ether oxygens (including phenoxy) is 1. The van der Waals surface area contributed by atoms with Crippen molar-refractivity contribution in [2.24, 2.45) is 0 Å². The molecule has 0 unspecified atom stereocenters. The number of amides is 1. The van der Waals surface area contributed by atoms with Gasteiger partial charge >= 0.3 is 0 Å². The Kier molecular flexibility index (Phi) is 6.18. The van der Waals surface area contributed by atoms with Gasteiger partial charge in [-0.15, -0.1) is 0 Å². The van der Waals surface area contributed by atoms with E-state index in [4.69, 9.17) is 4.74 Å². The average Bonchev–Trinajstić information content (AvgIpc) is 2.56. The molecule has 2 aromatic carbocycles. The Morgan fingerprint density at radius 2 is 1.65 bits per heavy atom. The summed E-state index contributed by atoms with van der Waals surface area (Å²) in [6.45, 7) is 3.24. The van der Waals surface area contributed by atoms with Crippen molar-refractivity contribution in [1.82, 2.24) is 4.90 Å². The maximum Gasteiger partial charge on any atom is 0.238 e. The molecule has 0 aliphatic rings. The van der Waals surface area contributed by atoms with Gasteiger partial charge in [-0.25, -0.2) is 0 Å². The van der Waals surface area contributed by atoms with Crippen LogP contribution in [0.5, 0.6) is 5.75 Å². The molecule has 23 heavy (non-hydrogen) atoms. The summed E-state index contributed by atoms with van der Waals surface area (Å²) in [7, 11) is 3.57. The van der Waals surface area contributed by atoms with Crippen LogP contribution in [0.4, 0.5) is 5.69 Å². The highest BCUT2D eigenvalue weighted by molar-refractivity contribution is 5.92. The fraction of sp³-hybridized carbons (Fsp3) is 0.316. The number of nitrogens with one attached hydrogen (secondary N) is 1. The SMILES string of the molecule is CCc1ccc(CN(C)CC(=O)Nc2ccc(OC)cc2)cc1. The van der Waals surface area contributed by atoms with Crippen LogP contribution in [0.1, 0.15) is 18.1 Å². The van der Waals surface area contributed by atoms with E-state index in [1.807, 2.05) is 36.2 Å². The lowest BCUT2D eigenvalue weighted by Gasteiger charge is -2.16. The number of nitrogens with zero attached hydrogens (tertiary/aromatic N) is 1. The molecular weight excluding hydrogens is 288 g/mol. The van der Waals surface area contributed by atoms with Gasteiger partial charge in [-0.05, 0) is 48.9 Å². The molecular formula is C19H24N2O2. The average molecular weight is 312 g/mol. The third kappa shape index (κ3) is 5.42. The molecule has 1 N–H and O–H groups in total. The first-order valence-electron chi connectivity index (χ1n) is 7.81. The largest absolute Gasteiger partial charge is 0.497 e. The first kappa shape index (κ1) is 17.0. The van der Waals surface area contributed by atoms with Gasteiger partial charge in [0, 0.05) is 12.2 Å². The Bertz CT molecular complexity index is 621. The predicted octanol–water partition coefficient (Wildman–Crippen LogP) is 3.33. The van der Waals surface area contributed by atoms with E-state index in [9.17, 15) is 4.79 Å². The van der Waals surface area contributed by atoms with E-state index < -0.39 is 0 Å². The predicted molar refractivity (Wildman–Crippen MR) is 93.8 cm³/mol. The zero-order valence-electron chi connectivity index (χ0n) is 14.0. The smallest absolute Gasteiger partial charge is 0.238 e. The van der Waals surface area contributed by atoms with Crippen molar-refractivity contribution in [2.75, 3.05) is 26.0 Å². The third-order valence-corrected chi connectivity index (χ3v) is 3.67. The molecule has 122 valence electrons. The Hall–Kier alpha value is -2.33. The molecule has 0 heterocycles. The van der Waals surface area contributed by atoms with Crippen molar-refractivity contribution in [3.63, 3.8) is 0 Å². The van der Waals surface area contributed by atoms with Crippen LogP contribution in [0.2, 0.25) is 0 Å². The quantitative estimate of drug-likeness (QED) is 0.852. The van der Waals surface area contributed by atoms with Crippen LogP contribution in [0, 0.1) is 0 Å². The van der Waals surface area contributed by atoms with Crippen LogP contribution >= 0.6 is 0 Å². The Labute approximate surface area is 138 Å². The number of benzene rings is 2. The molecule has 0 aromatic heterocycles. The van der Waals surface area contributed by atoms with E-state index in [0.717, 1.165) is 24.4 Å². The zero-order chi connectivity index (χ0) is 16.7. The lowest BCUT2D eigenvalue weighted by atomic mass is 10.1. The number of anilines is 1. The minimum atomic E-state index is -0.0251. The fourth-order valence-corrected chi connectivity index (χ4v) is 2.37. The number of rotatable bonds is 7. The molecule has 2 rings (SSSR count). The number of hydrogen-bond donors (Lipinski definition) is 1. The molecule has 0 saturated heterocycles. The Morgan fingerprint density at radius 1 is 1.04 bits per heavy atom. The molecule has 0 radical (unpaired) electrons. The summed E-state index contributed by atoms with van der Waals surface area (Å²) in [5, 5.41) is 2.89. The van der Waals surface area contributed by atoms with Crippen molar-refractivity contribution in [3.8, 4) is 5.75 Å². The summed E-state index contributed by atoms with van der Waals surface area (Å²) < 4.78 is 5.10. The maximum absolute atomic E-state index is 12.1. The minimum absolute atomic E-state index is 0.0251. The summed E-state index contributed by atoms with van der Waals surface area (Å²) in [5.74, 6) is 0.749. The number of carbonyl (C=O) groups excluding carboxylic acids is 1. The Morgan fingerprint density at radius 3 is 2.22 bits per heavy atom. The topological polar surface area (TPSA) is 41.6 Å². The molecule has 2 aromatic rings. The van der Waals surface area contributed by atoms with E-state index >= 15 is 0 Å². The summed E-state index contributed by atoms with van der Waals surface area (Å²) >= 11 is 0. The highest BCUT2D eigenvalue weighted by Gasteiger charge is 2.08. The zero-order valence-corrected chi connectivity index (χ0v) is 14.0. The van der Waals surface area contributed by atoms with Crippen LogP contribution in [-0.4, -0.2) is 31.5 Å². The molecule has 0 atom stereocenters. The summed E-state index contributed by atoms with van der Waals surface area (Å²) in [4.78, 5) is 14.1. The molecule has 1 amide bonds. The van der Waals surface area contributed by atoms with E-state index in [2.05, 4.69) is 36.5 Å². The van der Waals surface area contributed by atoms with Gasteiger partial charge in [0.2, 0.25) is 5.91 Å². The molecule has 4 heteroatoms. The summed E-state index contributed by atoms with van der Waals surface area (Å²) in [6, 6.07) is 15.8. The van der Waals surface area contributed by atoms with Crippen molar-refractivity contribution in [1.29, 1.82) is 0 Å². The highest BCUT2D eigenvalue weighted by atomic mass is 16.5. The second-order valence-corrected chi connectivity index (χ2v) is 5.62. The lowest BCUT2D eigenvalue weighted by molar-refractivity contribution is -0.117. The second-order valence-electron chi connectivity index (χ2n) is 5.62. The number of methoxy groups -OCH3 is 1. The standard InChI is InChI=1S/C19H24N2O2/c1-4-15-5-7-16(8-6-15)13-21(2)14-19(22)20-17-9-11-18(23-3)12-10-17/h5-12H,4,13-14H2,1-3H3,(H,20,22). The highest BCUT2D eigenvalue weighted by Crippen LogP contribution is 2.15. The number of likely N-dealkylation sites (N-methyl/N-ethyl adjacent to an activating group) is 1. The van der Waals surface area contributed by atoms with Crippen LogP contribution in [0.25, 0.3) is 0 Å². The van der Waals surface area contributed by atoms with Gasteiger partial charge in [0.15, 0.2) is 0 Å². The van der Waals surface area contributed by atoms with Gasteiger partial charge in [-0.3, -0.25) is 9.69 Å². The van der Waals surface area contributed by atoms with Crippen molar-refractivity contribution < 1.29 is 9.53 Å². The molecule has 0 fully saturated rings. The number of carbonyl (C=O) groups is 1. The van der Waals surface area contributed by atoms with Crippen LogP contribution in [0.3, 0.4) is 0 Å². The van der Waals surface area contributed by atoms with E-state index in [0.29, 0.717) is 6.54 Å². The van der Waals surface area contributed by atoms with Gasteiger partial charge in [0.1, 0.15) is 5.75 Å². The Balaban J connectivity index is 1.83. The third-order valence-electron chi connectivity index (χ3n) is 3.67. The molecule has 4 nitrogen and oxygen atoms in total. The molecule has 0 saturated carbocycles. The van der Waals surface area contributed by atoms with Gasteiger partial charge in [0.05, 0.1) is 13.7 Å². The normalized spacial score (nSPS) is 10.6. The lowest BCUT2D eigenvalue weighted by Crippen LogP contribution is -2.29. The number of hydrogen-bond acceptors (Lipinski definition) is 3. The van der Waals surface area contributed by atoms with Gasteiger partial charge < -0.3 is 10.1 Å². The van der Waals surface area contributed by atoms with E-state index in [1.165, 1.54) is 11.1 Å². The van der Waals surface area contributed by atoms with E-state index in [-0.39, 0.29) is 5.91 Å². The van der Waals surface area contributed by atoms with E-state index in [1.54, 1.807) is 7.11 Å². The van der Waals surface area contributed by atoms with Crippen LogP contribution in [0.15, 0.2) is 48.5 Å². The fourth-order valence-electron chi connectivity index (χ4n) is 2.37. The number of aryl methyl sites for hydroxylation is 1. The summed E-state index contributed by atoms with van der Waals surface area (Å²) in [6.07, 6.45) is 1.04. The first-order chi connectivity index (χ1) is 11.1. The van der Waals surface area contributed by atoms with Gasteiger partial charge in [0.25, 0.3) is 0 Å². The monoisotopic (exact) mass is 312 g/mol.